The van der Waals surface area contributed by atoms with Crippen LogP contribution in [-0.4, -0.2) is 13.2 Å². The maximum absolute atomic E-state index is 5.73. The first kappa shape index (κ1) is 13.4. The maximum Gasteiger partial charge on any atom is 0.124 e. The van der Waals surface area contributed by atoms with Gasteiger partial charge in [-0.3, -0.25) is 0 Å². The summed E-state index contributed by atoms with van der Waals surface area (Å²) in [6.45, 7) is 1.97. The minimum atomic E-state index is 0.461. The predicted octanol–water partition coefficient (Wildman–Crippen LogP) is 4.44. The summed E-state index contributed by atoms with van der Waals surface area (Å²) in [7, 11) is 0. The van der Waals surface area contributed by atoms with Gasteiger partial charge in [0.25, 0.3) is 0 Å². The molecule has 1 unspecified atom stereocenters. The van der Waals surface area contributed by atoms with Gasteiger partial charge < -0.3 is 10.1 Å². The Morgan fingerprint density at radius 2 is 2.05 bits per heavy atom. The largest absolute Gasteiger partial charge is 0.493 e. The zero-order chi connectivity index (χ0) is 13.1. The van der Waals surface area contributed by atoms with E-state index in [4.69, 9.17) is 4.74 Å². The topological polar surface area (TPSA) is 21.3 Å². The fourth-order valence-corrected chi connectivity index (χ4v) is 3.72. The van der Waals surface area contributed by atoms with E-state index in [0.29, 0.717) is 6.04 Å². The Balaban J connectivity index is 1.58. The molecule has 1 fully saturated rings. The van der Waals surface area contributed by atoms with Crippen molar-refractivity contribution in [2.24, 2.45) is 5.92 Å². The molecule has 0 radical (unpaired) electrons. The molecule has 3 heteroatoms. The highest BCUT2D eigenvalue weighted by molar-refractivity contribution is 9.10. The molecule has 2 aliphatic rings. The first-order valence-electron chi connectivity index (χ1n) is 7.48. The van der Waals surface area contributed by atoms with Gasteiger partial charge in [0.05, 0.1) is 6.61 Å². The van der Waals surface area contributed by atoms with Crippen LogP contribution in [0.25, 0.3) is 0 Å². The molecule has 2 nitrogen and oxygen atoms in total. The molecule has 1 aromatic carbocycles. The van der Waals surface area contributed by atoms with Crippen LogP contribution in [0.15, 0.2) is 22.7 Å². The summed E-state index contributed by atoms with van der Waals surface area (Å²) in [6.07, 6.45) is 8.18. The lowest BCUT2D eigenvalue weighted by molar-refractivity contribution is 0.251. The second kappa shape index (κ2) is 6.27. The molecule has 1 aliphatic carbocycles. The molecule has 1 saturated carbocycles. The van der Waals surface area contributed by atoms with E-state index < -0.39 is 0 Å². The Morgan fingerprint density at radius 1 is 1.21 bits per heavy atom. The first-order chi connectivity index (χ1) is 9.33. The SMILES string of the molecule is Brc1ccc2c(c1)C(NCCC1CCCC1)CCO2. The van der Waals surface area contributed by atoms with E-state index in [1.807, 2.05) is 0 Å². The van der Waals surface area contributed by atoms with Gasteiger partial charge in [-0.15, -0.1) is 0 Å². The van der Waals surface area contributed by atoms with Crippen molar-refractivity contribution in [3.05, 3.63) is 28.2 Å². The fraction of sp³-hybridized carbons (Fsp3) is 0.625. The quantitative estimate of drug-likeness (QED) is 0.884. The predicted molar refractivity (Wildman–Crippen MR) is 81.6 cm³/mol. The van der Waals surface area contributed by atoms with Crippen molar-refractivity contribution in [2.45, 2.75) is 44.6 Å². The number of fused-ring (bicyclic) bond motifs is 1. The molecule has 1 N–H and O–H groups in total. The van der Waals surface area contributed by atoms with Crippen LogP contribution in [0.2, 0.25) is 0 Å². The minimum Gasteiger partial charge on any atom is -0.493 e. The van der Waals surface area contributed by atoms with Gasteiger partial charge in [0.2, 0.25) is 0 Å². The van der Waals surface area contributed by atoms with Gasteiger partial charge in [0.15, 0.2) is 0 Å². The first-order valence-corrected chi connectivity index (χ1v) is 8.28. The normalized spacial score (nSPS) is 23.1. The van der Waals surface area contributed by atoms with Crippen LogP contribution < -0.4 is 10.1 Å². The minimum absolute atomic E-state index is 0.461. The third-order valence-corrected chi connectivity index (χ3v) is 4.92. The standard InChI is InChI=1S/C16H22BrNO/c17-13-5-6-16-14(11-13)15(8-10-19-16)18-9-7-12-3-1-2-4-12/h5-6,11-12,15,18H,1-4,7-10H2. The molecular weight excluding hydrogens is 302 g/mol. The third kappa shape index (κ3) is 3.32. The Hall–Kier alpha value is -0.540. The summed E-state index contributed by atoms with van der Waals surface area (Å²) in [5, 5.41) is 3.73. The van der Waals surface area contributed by atoms with Gasteiger partial charge >= 0.3 is 0 Å². The van der Waals surface area contributed by atoms with Crippen molar-refractivity contribution < 1.29 is 4.74 Å². The van der Waals surface area contributed by atoms with E-state index >= 15 is 0 Å². The number of halogens is 1. The summed E-state index contributed by atoms with van der Waals surface area (Å²) in [5.74, 6) is 2.02. The van der Waals surface area contributed by atoms with Gasteiger partial charge in [0.1, 0.15) is 5.75 Å². The Kier molecular flexibility index (Phi) is 4.44. The molecule has 19 heavy (non-hydrogen) atoms. The molecule has 1 heterocycles. The second-order valence-corrected chi connectivity index (χ2v) is 6.68. The molecule has 1 aromatic rings. The summed E-state index contributed by atoms with van der Waals surface area (Å²) < 4.78 is 6.87. The van der Waals surface area contributed by atoms with Gasteiger partial charge in [-0.1, -0.05) is 41.6 Å². The Labute approximate surface area is 124 Å². The van der Waals surface area contributed by atoms with Crippen LogP contribution in [0.5, 0.6) is 5.75 Å². The molecule has 104 valence electrons. The molecule has 0 bridgehead atoms. The summed E-state index contributed by atoms with van der Waals surface area (Å²) in [5.41, 5.74) is 1.31. The Morgan fingerprint density at radius 3 is 2.89 bits per heavy atom. The van der Waals surface area contributed by atoms with E-state index in [9.17, 15) is 0 Å². The van der Waals surface area contributed by atoms with Crippen molar-refractivity contribution >= 4 is 15.9 Å². The molecule has 1 atom stereocenters. The number of rotatable bonds is 4. The summed E-state index contributed by atoms with van der Waals surface area (Å²) in [4.78, 5) is 0. The monoisotopic (exact) mass is 323 g/mol. The van der Waals surface area contributed by atoms with E-state index in [1.54, 1.807) is 0 Å². The highest BCUT2D eigenvalue weighted by Crippen LogP contribution is 2.34. The van der Waals surface area contributed by atoms with Crippen LogP contribution in [0.1, 0.15) is 50.1 Å². The second-order valence-electron chi connectivity index (χ2n) is 5.77. The summed E-state index contributed by atoms with van der Waals surface area (Å²) >= 11 is 3.56. The van der Waals surface area contributed by atoms with Crippen molar-refractivity contribution in [1.29, 1.82) is 0 Å². The van der Waals surface area contributed by atoms with E-state index in [1.165, 1.54) is 37.7 Å². The zero-order valence-corrected chi connectivity index (χ0v) is 12.9. The lowest BCUT2D eigenvalue weighted by atomic mass is 9.99. The fourth-order valence-electron chi connectivity index (χ4n) is 3.34. The average Bonchev–Trinajstić information content (AvgIpc) is 2.92. The molecule has 3 rings (SSSR count). The maximum atomic E-state index is 5.73. The summed E-state index contributed by atoms with van der Waals surface area (Å²) in [6, 6.07) is 6.79. The zero-order valence-electron chi connectivity index (χ0n) is 11.3. The number of hydrogen-bond donors (Lipinski definition) is 1. The Bertz CT molecular complexity index is 429. The van der Waals surface area contributed by atoms with Crippen LogP contribution in [0, 0.1) is 5.92 Å². The number of hydrogen-bond acceptors (Lipinski definition) is 2. The lowest BCUT2D eigenvalue weighted by Crippen LogP contribution is -2.28. The van der Waals surface area contributed by atoms with Crippen molar-refractivity contribution in [1.82, 2.24) is 5.32 Å². The van der Waals surface area contributed by atoms with E-state index in [-0.39, 0.29) is 0 Å². The van der Waals surface area contributed by atoms with Crippen LogP contribution in [0.4, 0.5) is 0 Å². The molecule has 0 amide bonds. The smallest absolute Gasteiger partial charge is 0.124 e. The van der Waals surface area contributed by atoms with Gasteiger partial charge in [-0.05, 0) is 37.1 Å². The van der Waals surface area contributed by atoms with E-state index in [2.05, 4.69) is 39.4 Å². The number of benzene rings is 1. The number of nitrogens with one attached hydrogen (secondary N) is 1. The molecule has 0 saturated heterocycles. The van der Waals surface area contributed by atoms with E-state index in [0.717, 1.165) is 35.7 Å². The van der Waals surface area contributed by atoms with Crippen molar-refractivity contribution in [2.75, 3.05) is 13.2 Å². The average molecular weight is 324 g/mol. The molecule has 1 aliphatic heterocycles. The van der Waals surface area contributed by atoms with Gasteiger partial charge in [-0.2, -0.15) is 0 Å². The van der Waals surface area contributed by atoms with Crippen LogP contribution in [0.3, 0.4) is 0 Å². The molecule has 0 spiro atoms. The van der Waals surface area contributed by atoms with Crippen LogP contribution >= 0.6 is 15.9 Å². The highest BCUT2D eigenvalue weighted by atomic mass is 79.9. The highest BCUT2D eigenvalue weighted by Gasteiger charge is 2.22. The van der Waals surface area contributed by atoms with Crippen LogP contribution in [-0.2, 0) is 0 Å². The molecular formula is C16H22BrNO. The lowest BCUT2D eigenvalue weighted by Gasteiger charge is -2.27. The van der Waals surface area contributed by atoms with Gasteiger partial charge in [-0.25, -0.2) is 0 Å². The third-order valence-electron chi connectivity index (χ3n) is 4.43. The van der Waals surface area contributed by atoms with Gasteiger partial charge in [0, 0.05) is 22.5 Å². The number of ether oxygens (including phenoxy) is 1. The molecule has 0 aromatic heterocycles. The van der Waals surface area contributed by atoms with Crippen molar-refractivity contribution in [3.63, 3.8) is 0 Å². The van der Waals surface area contributed by atoms with Crippen molar-refractivity contribution in [3.8, 4) is 5.75 Å².